The average Bonchev–Trinajstić information content (AvgIpc) is 2.43. The first kappa shape index (κ1) is 16.1. The number of esters is 1. The van der Waals surface area contributed by atoms with Gasteiger partial charge in [0, 0.05) is 12.6 Å². The van der Waals surface area contributed by atoms with E-state index in [1.165, 1.54) is 30.2 Å². The Morgan fingerprint density at radius 2 is 1.85 bits per heavy atom. The largest absolute Gasteiger partial charge is 0.469 e. The van der Waals surface area contributed by atoms with E-state index in [0.717, 1.165) is 0 Å². The maximum absolute atomic E-state index is 13.7. The lowest BCUT2D eigenvalue weighted by molar-refractivity contribution is -0.145. The lowest BCUT2D eigenvalue weighted by Crippen LogP contribution is -2.42. The van der Waals surface area contributed by atoms with Gasteiger partial charge >= 0.3 is 5.97 Å². The molecule has 110 valence electrons. The first-order valence-electron chi connectivity index (χ1n) is 6.51. The third-order valence-electron chi connectivity index (χ3n) is 3.06. The highest BCUT2D eigenvalue weighted by atomic mass is 19.1. The number of ether oxygens (including phenoxy) is 1. The molecule has 0 saturated heterocycles. The number of nitrogens with zero attached hydrogens (tertiary/aromatic N) is 1. The van der Waals surface area contributed by atoms with Gasteiger partial charge in [-0.15, -0.1) is 0 Å². The average molecular weight is 281 g/mol. The Labute approximate surface area is 118 Å². The van der Waals surface area contributed by atoms with E-state index in [1.54, 1.807) is 13.0 Å². The van der Waals surface area contributed by atoms with Gasteiger partial charge in [0.2, 0.25) is 0 Å². The van der Waals surface area contributed by atoms with E-state index in [-0.39, 0.29) is 18.2 Å². The topological polar surface area (TPSA) is 46.6 Å². The van der Waals surface area contributed by atoms with Crippen molar-refractivity contribution in [2.45, 2.75) is 26.8 Å². The fourth-order valence-corrected chi connectivity index (χ4v) is 1.89. The smallest absolute Gasteiger partial charge is 0.310 e. The van der Waals surface area contributed by atoms with Gasteiger partial charge in [0.1, 0.15) is 5.82 Å². The molecule has 1 atom stereocenters. The van der Waals surface area contributed by atoms with Gasteiger partial charge in [0.05, 0.1) is 18.6 Å². The highest BCUT2D eigenvalue weighted by Crippen LogP contribution is 2.14. The van der Waals surface area contributed by atoms with Crippen LogP contribution in [0.5, 0.6) is 0 Å². The van der Waals surface area contributed by atoms with Crippen LogP contribution in [-0.2, 0) is 9.53 Å². The summed E-state index contributed by atoms with van der Waals surface area (Å²) in [6.07, 6.45) is 0. The number of amides is 1. The Morgan fingerprint density at radius 3 is 2.35 bits per heavy atom. The number of carbonyl (C=O) groups excluding carboxylic acids is 2. The van der Waals surface area contributed by atoms with Crippen LogP contribution in [0.3, 0.4) is 0 Å². The lowest BCUT2D eigenvalue weighted by Gasteiger charge is -2.29. The van der Waals surface area contributed by atoms with Gasteiger partial charge in [-0.3, -0.25) is 9.59 Å². The van der Waals surface area contributed by atoms with E-state index in [9.17, 15) is 14.0 Å². The lowest BCUT2D eigenvalue weighted by atomic mass is 10.1. The molecule has 1 amide bonds. The molecule has 0 aliphatic carbocycles. The van der Waals surface area contributed by atoms with Crippen LogP contribution in [0.25, 0.3) is 0 Å². The van der Waals surface area contributed by atoms with Crippen LogP contribution in [-0.4, -0.2) is 36.5 Å². The van der Waals surface area contributed by atoms with Crippen molar-refractivity contribution in [3.05, 3.63) is 35.6 Å². The predicted molar refractivity (Wildman–Crippen MR) is 73.8 cm³/mol. The SMILES string of the molecule is COC(=O)C(C)CN(C(=O)c1ccccc1F)C(C)C. The van der Waals surface area contributed by atoms with Crippen LogP contribution >= 0.6 is 0 Å². The Balaban J connectivity index is 2.95. The van der Waals surface area contributed by atoms with Crippen molar-refractivity contribution >= 4 is 11.9 Å². The summed E-state index contributed by atoms with van der Waals surface area (Å²) in [6.45, 7) is 5.51. The maximum atomic E-state index is 13.7. The van der Waals surface area contributed by atoms with E-state index >= 15 is 0 Å². The van der Waals surface area contributed by atoms with Crippen LogP contribution in [0.2, 0.25) is 0 Å². The fourth-order valence-electron chi connectivity index (χ4n) is 1.89. The molecule has 0 aromatic heterocycles. The van der Waals surface area contributed by atoms with Crippen molar-refractivity contribution in [3.8, 4) is 0 Å². The van der Waals surface area contributed by atoms with Gasteiger partial charge in [-0.25, -0.2) is 4.39 Å². The van der Waals surface area contributed by atoms with E-state index in [2.05, 4.69) is 4.74 Å². The molecule has 0 saturated carbocycles. The first-order valence-corrected chi connectivity index (χ1v) is 6.51. The molecule has 5 heteroatoms. The molecule has 1 aromatic rings. The Kier molecular flexibility index (Phi) is 5.67. The van der Waals surface area contributed by atoms with Crippen molar-refractivity contribution in [1.29, 1.82) is 0 Å². The van der Waals surface area contributed by atoms with Gasteiger partial charge in [-0.2, -0.15) is 0 Å². The second-order valence-electron chi connectivity index (χ2n) is 4.96. The molecule has 0 aliphatic rings. The zero-order chi connectivity index (χ0) is 15.3. The molecular formula is C15H20FNO3. The van der Waals surface area contributed by atoms with Crippen LogP contribution in [0.15, 0.2) is 24.3 Å². The molecule has 1 aromatic carbocycles. The number of hydrogen-bond acceptors (Lipinski definition) is 3. The normalized spacial score (nSPS) is 12.1. The molecule has 0 heterocycles. The number of hydrogen-bond donors (Lipinski definition) is 0. The summed E-state index contributed by atoms with van der Waals surface area (Å²) in [5, 5.41) is 0. The summed E-state index contributed by atoms with van der Waals surface area (Å²) in [5.41, 5.74) is 0.0123. The molecule has 0 N–H and O–H groups in total. The highest BCUT2D eigenvalue weighted by molar-refractivity contribution is 5.94. The number of carbonyl (C=O) groups is 2. The number of methoxy groups -OCH3 is 1. The van der Waals surface area contributed by atoms with Gasteiger partial charge in [0.15, 0.2) is 0 Å². The van der Waals surface area contributed by atoms with Crippen molar-refractivity contribution in [1.82, 2.24) is 4.90 Å². The Bertz CT molecular complexity index is 488. The van der Waals surface area contributed by atoms with Crippen molar-refractivity contribution in [3.63, 3.8) is 0 Å². The predicted octanol–water partition coefficient (Wildman–Crippen LogP) is 2.49. The first-order chi connectivity index (χ1) is 9.38. The molecule has 1 rings (SSSR count). The summed E-state index contributed by atoms with van der Waals surface area (Å²) >= 11 is 0. The molecule has 0 bridgehead atoms. The van der Waals surface area contributed by atoms with E-state index in [0.29, 0.717) is 0 Å². The van der Waals surface area contributed by atoms with Gasteiger partial charge in [-0.05, 0) is 26.0 Å². The quantitative estimate of drug-likeness (QED) is 0.779. The van der Waals surface area contributed by atoms with E-state index < -0.39 is 23.6 Å². The Hall–Kier alpha value is -1.91. The summed E-state index contributed by atoms with van der Waals surface area (Å²) in [4.78, 5) is 25.3. The summed E-state index contributed by atoms with van der Waals surface area (Å²) in [7, 11) is 1.30. The van der Waals surface area contributed by atoms with Gasteiger partial charge < -0.3 is 9.64 Å². The van der Waals surface area contributed by atoms with Crippen molar-refractivity contribution in [2.75, 3.05) is 13.7 Å². The number of rotatable bonds is 5. The van der Waals surface area contributed by atoms with Crippen molar-refractivity contribution in [2.24, 2.45) is 5.92 Å². The number of halogens is 1. The van der Waals surface area contributed by atoms with Crippen molar-refractivity contribution < 1.29 is 18.7 Å². The van der Waals surface area contributed by atoms with E-state index in [1.807, 2.05) is 13.8 Å². The van der Waals surface area contributed by atoms with Gasteiger partial charge in [-0.1, -0.05) is 19.1 Å². The molecule has 4 nitrogen and oxygen atoms in total. The molecule has 20 heavy (non-hydrogen) atoms. The molecule has 0 fully saturated rings. The summed E-state index contributed by atoms with van der Waals surface area (Å²) in [6, 6.07) is 5.68. The second-order valence-corrected chi connectivity index (χ2v) is 4.96. The number of benzene rings is 1. The zero-order valence-electron chi connectivity index (χ0n) is 12.2. The zero-order valence-corrected chi connectivity index (χ0v) is 12.2. The van der Waals surface area contributed by atoms with Crippen LogP contribution in [0.4, 0.5) is 4.39 Å². The summed E-state index contributed by atoms with van der Waals surface area (Å²) < 4.78 is 18.3. The second kappa shape index (κ2) is 7.03. The molecule has 0 radical (unpaired) electrons. The molecular weight excluding hydrogens is 261 g/mol. The van der Waals surface area contributed by atoms with Crippen LogP contribution < -0.4 is 0 Å². The minimum Gasteiger partial charge on any atom is -0.469 e. The molecule has 0 aliphatic heterocycles. The maximum Gasteiger partial charge on any atom is 0.310 e. The third kappa shape index (κ3) is 3.79. The standard InChI is InChI=1S/C15H20FNO3/c1-10(2)17(9-11(3)15(19)20-4)14(18)12-7-5-6-8-13(12)16/h5-8,10-11H,9H2,1-4H3. The molecule has 0 spiro atoms. The minimum atomic E-state index is -0.561. The Morgan fingerprint density at radius 1 is 1.25 bits per heavy atom. The van der Waals surface area contributed by atoms with E-state index in [4.69, 9.17) is 0 Å². The fraction of sp³-hybridized carbons (Fsp3) is 0.467. The molecule has 1 unspecified atom stereocenters. The van der Waals surface area contributed by atoms with Crippen LogP contribution in [0, 0.1) is 11.7 Å². The third-order valence-corrected chi connectivity index (χ3v) is 3.06. The summed E-state index contributed by atoms with van der Waals surface area (Å²) in [5.74, 6) is -1.84. The van der Waals surface area contributed by atoms with Crippen LogP contribution in [0.1, 0.15) is 31.1 Å². The highest BCUT2D eigenvalue weighted by Gasteiger charge is 2.25. The minimum absolute atomic E-state index is 0.0123. The monoisotopic (exact) mass is 281 g/mol. The van der Waals surface area contributed by atoms with Gasteiger partial charge in [0.25, 0.3) is 5.91 Å².